The molecule has 0 bridgehead atoms. The van der Waals surface area contributed by atoms with E-state index in [2.05, 4.69) is 40.3 Å². The number of aliphatic hydroxyl groups is 2. The van der Waals surface area contributed by atoms with Crippen LogP contribution in [-0.2, 0) is 26.3 Å². The molecule has 1 aliphatic carbocycles. The Balaban J connectivity index is 1.76. The summed E-state index contributed by atoms with van der Waals surface area (Å²) in [6.45, 7) is 6.79. The molecule has 3 heterocycles. The van der Waals surface area contributed by atoms with Gasteiger partial charge in [0.15, 0.2) is 0 Å². The fraction of sp³-hybridized carbons (Fsp3) is 0.630. The third-order valence-electron chi connectivity index (χ3n) is 9.05. The van der Waals surface area contributed by atoms with Gasteiger partial charge < -0.3 is 29.9 Å². The van der Waals surface area contributed by atoms with Gasteiger partial charge in [0.05, 0.1) is 25.8 Å². The molecule has 1 spiro atoms. The molecule has 3 aliphatic heterocycles. The predicted molar refractivity (Wildman–Crippen MR) is 134 cm³/mol. The maximum absolute atomic E-state index is 12.8. The number of hydrogen-bond acceptors (Lipinski definition) is 8. The molecule has 6 atom stereocenters. The van der Waals surface area contributed by atoms with Gasteiger partial charge in [-0.1, -0.05) is 31.2 Å². The largest absolute Gasteiger partial charge is 0.458 e. The number of amides is 1. The number of likely N-dealkylation sites (N-methyl/N-ethyl adjacent to an activating group) is 1. The van der Waals surface area contributed by atoms with Crippen LogP contribution in [0.4, 0.5) is 10.5 Å². The number of ether oxygens (including phenoxy) is 2. The highest BCUT2D eigenvalue weighted by Gasteiger charge is 2.77. The number of fused-ring (bicyclic) bond motifs is 1. The molecule has 36 heavy (non-hydrogen) atoms. The van der Waals surface area contributed by atoms with Crippen molar-refractivity contribution in [3.63, 3.8) is 0 Å². The minimum atomic E-state index is -1.63. The lowest BCUT2D eigenvalue weighted by atomic mass is 9.47. The Morgan fingerprint density at radius 2 is 2.03 bits per heavy atom. The highest BCUT2D eigenvalue weighted by molar-refractivity contribution is 5.72. The molecule has 1 saturated heterocycles. The van der Waals surface area contributed by atoms with Gasteiger partial charge in [-0.05, 0) is 43.5 Å². The Morgan fingerprint density at radius 1 is 1.25 bits per heavy atom. The van der Waals surface area contributed by atoms with Crippen molar-refractivity contribution in [2.75, 3.05) is 38.2 Å². The number of carbonyl (C=O) groups excluding carboxylic acids is 2. The summed E-state index contributed by atoms with van der Waals surface area (Å²) in [5.41, 5.74) is 0.103. The van der Waals surface area contributed by atoms with Gasteiger partial charge in [0.1, 0.15) is 11.7 Å². The van der Waals surface area contributed by atoms with Gasteiger partial charge in [-0.3, -0.25) is 9.69 Å². The number of carbonyl (C=O) groups is 2. The molecule has 9 heteroatoms. The zero-order chi connectivity index (χ0) is 25.9. The van der Waals surface area contributed by atoms with Crippen molar-refractivity contribution in [3.05, 3.63) is 41.5 Å². The number of hydrogen-bond donors (Lipinski definition) is 3. The van der Waals surface area contributed by atoms with Crippen LogP contribution in [0, 0.1) is 5.41 Å². The Morgan fingerprint density at radius 3 is 2.69 bits per heavy atom. The number of nitrogens with zero attached hydrogens (tertiary/aromatic N) is 2. The first kappa shape index (κ1) is 25.0. The second-order valence-corrected chi connectivity index (χ2v) is 10.6. The number of rotatable bonds is 6. The standard InChI is InChI=1S/C27H37N3O6/c1-5-25-10-7-12-30-13-11-26(21(25)30)19-9-8-18(15-31)14-20(19)29(4)22(26)27(34,23(25)36-17(3)32)16-28-24(33)35-6-2/h7-10,14,21-23,31,34H,5-6,11-13,15-16H2,1-4H3,(H,28,33)/t21-,22+,23+,25+,26+,27-/m0/s1. The highest BCUT2D eigenvalue weighted by atomic mass is 16.6. The number of esters is 1. The van der Waals surface area contributed by atoms with Gasteiger partial charge in [-0.2, -0.15) is 0 Å². The Bertz CT molecular complexity index is 1090. The predicted octanol–water partition coefficient (Wildman–Crippen LogP) is 1.70. The number of anilines is 1. The van der Waals surface area contributed by atoms with E-state index in [1.54, 1.807) is 6.92 Å². The van der Waals surface area contributed by atoms with Crippen molar-refractivity contribution in [2.45, 2.75) is 69.4 Å². The van der Waals surface area contributed by atoms with E-state index in [0.717, 1.165) is 36.3 Å². The molecule has 3 N–H and O–H groups in total. The number of benzene rings is 1. The van der Waals surface area contributed by atoms with Crippen LogP contribution in [0.15, 0.2) is 30.4 Å². The van der Waals surface area contributed by atoms with Crippen LogP contribution in [0.25, 0.3) is 0 Å². The lowest BCUT2D eigenvalue weighted by Gasteiger charge is -2.64. The van der Waals surface area contributed by atoms with Crippen LogP contribution in [-0.4, -0.2) is 84.3 Å². The molecule has 1 saturated carbocycles. The first-order valence-corrected chi connectivity index (χ1v) is 12.9. The van der Waals surface area contributed by atoms with Crippen molar-refractivity contribution < 1.29 is 29.3 Å². The summed E-state index contributed by atoms with van der Waals surface area (Å²) in [4.78, 5) is 29.4. The van der Waals surface area contributed by atoms with Crippen molar-refractivity contribution in [2.24, 2.45) is 5.41 Å². The molecular formula is C27H37N3O6. The maximum atomic E-state index is 12.8. The Labute approximate surface area is 212 Å². The first-order chi connectivity index (χ1) is 17.2. The van der Waals surface area contributed by atoms with E-state index in [1.165, 1.54) is 6.92 Å². The minimum Gasteiger partial charge on any atom is -0.458 e. The van der Waals surface area contributed by atoms with Crippen molar-refractivity contribution in [3.8, 4) is 0 Å². The lowest BCUT2D eigenvalue weighted by Crippen LogP contribution is -2.81. The van der Waals surface area contributed by atoms with Crippen LogP contribution in [0.1, 0.15) is 44.7 Å². The van der Waals surface area contributed by atoms with Crippen LogP contribution >= 0.6 is 0 Å². The highest BCUT2D eigenvalue weighted by Crippen LogP contribution is 2.66. The van der Waals surface area contributed by atoms with Crippen molar-refractivity contribution >= 4 is 17.7 Å². The number of nitrogens with one attached hydrogen (secondary N) is 1. The molecule has 5 rings (SSSR count). The summed E-state index contributed by atoms with van der Waals surface area (Å²) in [7, 11) is 1.94. The van der Waals surface area contributed by atoms with Crippen LogP contribution in [0.5, 0.6) is 0 Å². The molecule has 196 valence electrons. The van der Waals surface area contributed by atoms with E-state index in [1.807, 2.05) is 19.2 Å². The lowest BCUT2D eigenvalue weighted by molar-refractivity contribution is -0.217. The molecule has 1 aromatic carbocycles. The summed E-state index contributed by atoms with van der Waals surface area (Å²) >= 11 is 0. The van der Waals surface area contributed by atoms with E-state index in [9.17, 15) is 19.8 Å². The number of aliphatic hydroxyl groups excluding tert-OH is 1. The van der Waals surface area contributed by atoms with E-state index in [0.29, 0.717) is 6.42 Å². The zero-order valence-electron chi connectivity index (χ0n) is 21.5. The first-order valence-electron chi connectivity index (χ1n) is 12.9. The molecule has 1 aromatic rings. The third-order valence-corrected chi connectivity index (χ3v) is 9.05. The fourth-order valence-electron chi connectivity index (χ4n) is 8.08. The average molecular weight is 500 g/mol. The molecule has 0 unspecified atom stereocenters. The second kappa shape index (κ2) is 8.75. The van der Waals surface area contributed by atoms with Gasteiger partial charge >= 0.3 is 12.1 Å². The van der Waals surface area contributed by atoms with Gasteiger partial charge in [0, 0.05) is 43.1 Å². The van der Waals surface area contributed by atoms with Crippen LogP contribution in [0.3, 0.4) is 0 Å². The second-order valence-electron chi connectivity index (χ2n) is 10.6. The average Bonchev–Trinajstić information content (AvgIpc) is 3.37. The normalized spacial score (nSPS) is 36.2. The van der Waals surface area contributed by atoms with E-state index < -0.39 is 40.6 Å². The quantitative estimate of drug-likeness (QED) is 0.401. The minimum absolute atomic E-state index is 0.0131. The third kappa shape index (κ3) is 3.18. The summed E-state index contributed by atoms with van der Waals surface area (Å²) in [6, 6.07) is 5.53. The SMILES string of the molecule is CCOC(=O)NC[C@@]1(O)[C@H](OC(C)=O)[C@]2(CC)C=CCN3CC[C@@]4(c5ccc(CO)cc5N(C)[C@@H]14)[C@@H]32. The molecule has 0 radical (unpaired) electrons. The Hall–Kier alpha value is -2.62. The summed E-state index contributed by atoms with van der Waals surface area (Å²) in [5, 5.41) is 25.4. The monoisotopic (exact) mass is 499 g/mol. The molecule has 1 amide bonds. The van der Waals surface area contributed by atoms with Gasteiger partial charge in [0.2, 0.25) is 0 Å². The number of alkyl carbamates (subject to hydrolysis) is 1. The van der Waals surface area contributed by atoms with Crippen LogP contribution in [0.2, 0.25) is 0 Å². The molecular weight excluding hydrogens is 462 g/mol. The van der Waals surface area contributed by atoms with Gasteiger partial charge in [0.25, 0.3) is 0 Å². The zero-order valence-corrected chi connectivity index (χ0v) is 21.5. The smallest absolute Gasteiger partial charge is 0.407 e. The Kier molecular flexibility index (Phi) is 6.08. The summed E-state index contributed by atoms with van der Waals surface area (Å²) in [6.07, 6.45) is 4.19. The van der Waals surface area contributed by atoms with E-state index in [-0.39, 0.29) is 25.8 Å². The van der Waals surface area contributed by atoms with E-state index in [4.69, 9.17) is 9.47 Å². The van der Waals surface area contributed by atoms with Crippen molar-refractivity contribution in [1.29, 1.82) is 0 Å². The van der Waals surface area contributed by atoms with E-state index >= 15 is 0 Å². The molecule has 0 aromatic heterocycles. The molecule has 9 nitrogen and oxygen atoms in total. The summed E-state index contributed by atoms with van der Waals surface area (Å²) < 4.78 is 11.2. The van der Waals surface area contributed by atoms with Gasteiger partial charge in [-0.25, -0.2) is 4.79 Å². The van der Waals surface area contributed by atoms with Gasteiger partial charge in [-0.15, -0.1) is 0 Å². The summed E-state index contributed by atoms with van der Waals surface area (Å²) in [5.74, 6) is -0.473. The topological polar surface area (TPSA) is 112 Å². The van der Waals surface area contributed by atoms with Crippen molar-refractivity contribution in [1.82, 2.24) is 10.2 Å². The maximum Gasteiger partial charge on any atom is 0.407 e. The fourth-order valence-corrected chi connectivity index (χ4v) is 8.08. The molecule has 4 aliphatic rings. The molecule has 2 fully saturated rings. The van der Waals surface area contributed by atoms with Crippen LogP contribution < -0.4 is 10.2 Å².